The van der Waals surface area contributed by atoms with Gasteiger partial charge in [0, 0.05) is 5.57 Å². The highest BCUT2D eigenvalue weighted by molar-refractivity contribution is 6.25. The minimum Gasteiger partial charge on any atom is -1.00 e. The predicted octanol–water partition coefficient (Wildman–Crippen LogP) is 2.00. The largest absolute Gasteiger partial charge is 1.00 e. The van der Waals surface area contributed by atoms with Gasteiger partial charge in [-0.05, 0) is 41.2 Å². The number of carbonyl (C=O) groups is 1. The molecule has 3 N–H and O–H groups in total. The van der Waals surface area contributed by atoms with Crippen molar-refractivity contribution < 1.29 is 27.6 Å². The Bertz CT molecular complexity index is 1010. The number of aliphatic hydroxyl groups excluding tert-OH is 1. The van der Waals surface area contributed by atoms with Crippen LogP contribution in [0.2, 0.25) is 0 Å². The number of quaternary nitrogens is 1. The summed E-state index contributed by atoms with van der Waals surface area (Å²) in [5.41, 5.74) is 4.88. The van der Waals surface area contributed by atoms with E-state index >= 15 is 0 Å². The molecule has 0 fully saturated rings. The molecule has 0 aliphatic rings. The fraction of sp³-hybridized carbons (Fsp3) is 0.276. The maximum atomic E-state index is 13.2. The molecule has 0 bridgehead atoms. The monoisotopic (exact) mass is 463 g/mol. The summed E-state index contributed by atoms with van der Waals surface area (Å²) >= 11 is 0. The smallest absolute Gasteiger partial charge is 0.169 e. The van der Waals surface area contributed by atoms with Gasteiger partial charge in [-0.15, -0.1) is 0 Å². The van der Waals surface area contributed by atoms with Crippen molar-refractivity contribution >= 4 is 17.4 Å². The Morgan fingerprint density at radius 2 is 1.42 bits per heavy atom. The van der Waals surface area contributed by atoms with Crippen molar-refractivity contribution in [2.24, 2.45) is 0 Å². The molecule has 2 unspecified atom stereocenters. The van der Waals surface area contributed by atoms with Crippen LogP contribution in [0.1, 0.15) is 61.5 Å². The number of rotatable bonds is 10. The zero-order valence-electron chi connectivity index (χ0n) is 19.6. The zero-order chi connectivity index (χ0) is 22.9. The second kappa shape index (κ2) is 13.1. The SMILES string of the molecule is CC(C)c1ccc(/C=C(/C(=O)CC[NH2+]C(C)C(O)c2ccccc2)c2ccccc2)cc1.[Cl-]. The van der Waals surface area contributed by atoms with Crippen LogP contribution < -0.4 is 17.7 Å². The van der Waals surface area contributed by atoms with Crippen molar-refractivity contribution in [3.05, 3.63) is 107 Å². The Hall–Kier alpha value is -2.72. The quantitative estimate of drug-likeness (QED) is 0.357. The second-order valence-electron chi connectivity index (χ2n) is 8.66. The number of nitrogens with two attached hydrogens (primary N) is 1. The lowest BCUT2D eigenvalue weighted by molar-refractivity contribution is -0.693. The van der Waals surface area contributed by atoms with Gasteiger partial charge in [0.2, 0.25) is 0 Å². The zero-order valence-corrected chi connectivity index (χ0v) is 20.4. The molecule has 0 heterocycles. The van der Waals surface area contributed by atoms with Crippen LogP contribution in [-0.2, 0) is 4.79 Å². The minimum absolute atomic E-state index is 0. The van der Waals surface area contributed by atoms with Gasteiger partial charge in [-0.3, -0.25) is 4.79 Å². The van der Waals surface area contributed by atoms with Crippen molar-refractivity contribution in [3.63, 3.8) is 0 Å². The number of allylic oxidation sites excluding steroid dienone is 1. The van der Waals surface area contributed by atoms with E-state index in [1.165, 1.54) is 5.56 Å². The molecule has 0 aliphatic heterocycles. The van der Waals surface area contributed by atoms with Crippen LogP contribution in [0.25, 0.3) is 11.6 Å². The molecule has 0 saturated carbocycles. The minimum atomic E-state index is -0.560. The first-order chi connectivity index (χ1) is 15.5. The third-order valence-corrected chi connectivity index (χ3v) is 5.85. The molecule has 3 nitrogen and oxygen atoms in total. The highest BCUT2D eigenvalue weighted by atomic mass is 35.5. The maximum absolute atomic E-state index is 13.2. The molecule has 33 heavy (non-hydrogen) atoms. The van der Waals surface area contributed by atoms with Gasteiger partial charge in [-0.1, -0.05) is 98.8 Å². The first-order valence-electron chi connectivity index (χ1n) is 11.4. The number of aliphatic hydroxyl groups is 1. The van der Waals surface area contributed by atoms with Crippen LogP contribution in [0.4, 0.5) is 0 Å². The number of hydrogen-bond acceptors (Lipinski definition) is 2. The fourth-order valence-electron chi connectivity index (χ4n) is 3.78. The van der Waals surface area contributed by atoms with Gasteiger partial charge in [0.05, 0.1) is 13.0 Å². The molecule has 0 spiro atoms. The number of hydrogen-bond donors (Lipinski definition) is 2. The highest BCUT2D eigenvalue weighted by Crippen LogP contribution is 2.22. The van der Waals surface area contributed by atoms with Gasteiger partial charge in [-0.2, -0.15) is 0 Å². The number of halogens is 1. The predicted molar refractivity (Wildman–Crippen MR) is 132 cm³/mol. The Balaban J connectivity index is 0.00000385. The summed E-state index contributed by atoms with van der Waals surface area (Å²) in [6.45, 7) is 6.97. The highest BCUT2D eigenvalue weighted by Gasteiger charge is 2.20. The van der Waals surface area contributed by atoms with Crippen LogP contribution in [-0.4, -0.2) is 23.5 Å². The van der Waals surface area contributed by atoms with Crippen LogP contribution >= 0.6 is 0 Å². The van der Waals surface area contributed by atoms with E-state index in [0.29, 0.717) is 18.9 Å². The van der Waals surface area contributed by atoms with E-state index in [1.54, 1.807) is 0 Å². The summed E-state index contributed by atoms with van der Waals surface area (Å²) in [5.74, 6) is 0.591. The molecule has 2 atom stereocenters. The van der Waals surface area contributed by atoms with E-state index in [0.717, 1.165) is 22.3 Å². The summed E-state index contributed by atoms with van der Waals surface area (Å²) < 4.78 is 0. The van der Waals surface area contributed by atoms with Crippen molar-refractivity contribution in [2.45, 2.75) is 45.3 Å². The average molecular weight is 464 g/mol. The number of carbonyl (C=O) groups excluding carboxylic acids is 1. The molecule has 3 rings (SSSR count). The van der Waals surface area contributed by atoms with Gasteiger partial charge in [0.25, 0.3) is 0 Å². The molecule has 0 saturated heterocycles. The van der Waals surface area contributed by atoms with Gasteiger partial charge < -0.3 is 22.8 Å². The van der Waals surface area contributed by atoms with E-state index in [1.807, 2.05) is 73.7 Å². The third kappa shape index (κ3) is 7.68. The second-order valence-corrected chi connectivity index (χ2v) is 8.66. The van der Waals surface area contributed by atoms with Crippen LogP contribution in [0, 0.1) is 0 Å². The summed E-state index contributed by atoms with van der Waals surface area (Å²) in [4.78, 5) is 13.2. The lowest BCUT2D eigenvalue weighted by atomic mass is 9.95. The molecular weight excluding hydrogens is 430 g/mol. The standard InChI is InChI=1S/C29H33NO2.ClH/c1-21(2)24-16-14-23(15-17-24)20-27(25-10-6-4-7-11-25)28(31)18-19-30-22(3)29(32)26-12-8-5-9-13-26;/h4-17,20-22,29-30,32H,18-19H2,1-3H3;1H/b27-20+;. The maximum Gasteiger partial charge on any atom is 0.169 e. The normalized spacial score (nSPS) is 13.3. The summed E-state index contributed by atoms with van der Waals surface area (Å²) in [5, 5.41) is 12.6. The Labute approximate surface area is 204 Å². The average Bonchev–Trinajstić information content (AvgIpc) is 2.83. The van der Waals surface area contributed by atoms with Crippen molar-refractivity contribution in [3.8, 4) is 0 Å². The Morgan fingerprint density at radius 3 is 2.00 bits per heavy atom. The molecule has 0 amide bonds. The van der Waals surface area contributed by atoms with Crippen LogP contribution in [0.5, 0.6) is 0 Å². The van der Waals surface area contributed by atoms with Crippen LogP contribution in [0.15, 0.2) is 84.9 Å². The summed E-state index contributed by atoms with van der Waals surface area (Å²) in [7, 11) is 0. The summed E-state index contributed by atoms with van der Waals surface area (Å²) in [6.07, 6.45) is 1.84. The number of benzene rings is 3. The number of ketones is 1. The van der Waals surface area contributed by atoms with Crippen molar-refractivity contribution in [1.82, 2.24) is 0 Å². The summed E-state index contributed by atoms with van der Waals surface area (Å²) in [6, 6.07) is 27.9. The molecular formula is C29H34ClNO2. The van der Waals surface area contributed by atoms with Gasteiger partial charge in [0.1, 0.15) is 12.1 Å². The molecule has 174 valence electrons. The van der Waals surface area contributed by atoms with Crippen molar-refractivity contribution in [1.29, 1.82) is 0 Å². The first-order valence-corrected chi connectivity index (χ1v) is 11.4. The van der Waals surface area contributed by atoms with Gasteiger partial charge in [-0.25, -0.2) is 0 Å². The molecule has 0 radical (unpaired) electrons. The Kier molecular flexibility index (Phi) is 10.5. The van der Waals surface area contributed by atoms with E-state index in [2.05, 4.69) is 43.4 Å². The molecule has 3 aromatic carbocycles. The third-order valence-electron chi connectivity index (χ3n) is 5.85. The number of Topliss-reactive ketones (excluding diaryl/α,β-unsaturated/α-hetero) is 1. The molecule has 0 aliphatic carbocycles. The van der Waals surface area contributed by atoms with E-state index in [4.69, 9.17) is 0 Å². The molecule has 0 aromatic heterocycles. The fourth-order valence-corrected chi connectivity index (χ4v) is 3.78. The van der Waals surface area contributed by atoms with Gasteiger partial charge >= 0.3 is 0 Å². The van der Waals surface area contributed by atoms with Crippen LogP contribution in [0.3, 0.4) is 0 Å². The lowest BCUT2D eigenvalue weighted by Gasteiger charge is -2.18. The topological polar surface area (TPSA) is 53.9 Å². The van der Waals surface area contributed by atoms with Gasteiger partial charge in [0.15, 0.2) is 5.78 Å². The first kappa shape index (κ1) is 26.5. The molecule has 3 aromatic rings. The lowest BCUT2D eigenvalue weighted by Crippen LogP contribution is -3.00. The van der Waals surface area contributed by atoms with E-state index in [9.17, 15) is 9.90 Å². The molecule has 4 heteroatoms. The van der Waals surface area contributed by atoms with Crippen molar-refractivity contribution in [2.75, 3.05) is 6.54 Å². The Morgan fingerprint density at radius 1 is 0.848 bits per heavy atom. The van der Waals surface area contributed by atoms with E-state index < -0.39 is 6.10 Å². The van der Waals surface area contributed by atoms with E-state index in [-0.39, 0.29) is 24.2 Å².